The summed E-state index contributed by atoms with van der Waals surface area (Å²) in [5.74, 6) is 0.732. The summed E-state index contributed by atoms with van der Waals surface area (Å²) in [6.07, 6.45) is 5.49. The Morgan fingerprint density at radius 3 is 2.54 bits per heavy atom. The van der Waals surface area contributed by atoms with E-state index in [1.165, 1.54) is 0 Å². The molecule has 0 saturated heterocycles. The van der Waals surface area contributed by atoms with Gasteiger partial charge in [-0.2, -0.15) is 0 Å². The molecule has 0 atom stereocenters. The van der Waals surface area contributed by atoms with Gasteiger partial charge in [-0.25, -0.2) is 4.98 Å². The predicted octanol–water partition coefficient (Wildman–Crippen LogP) is 4.08. The number of amides is 1. The number of hydrogen-bond donors (Lipinski definition) is 1. The lowest BCUT2D eigenvalue weighted by molar-refractivity contribution is 0.0827. The van der Waals surface area contributed by atoms with Gasteiger partial charge >= 0.3 is 0 Å². The van der Waals surface area contributed by atoms with E-state index in [4.69, 9.17) is 0 Å². The highest BCUT2D eigenvalue weighted by molar-refractivity contribution is 5.94. The van der Waals surface area contributed by atoms with Gasteiger partial charge in [-0.05, 0) is 42.5 Å². The van der Waals surface area contributed by atoms with Gasteiger partial charge in [0.25, 0.3) is 5.91 Å². The number of hydrogen-bond acceptors (Lipinski definition) is 4. The fourth-order valence-corrected chi connectivity index (χ4v) is 3.19. The van der Waals surface area contributed by atoms with Crippen molar-refractivity contribution in [2.75, 3.05) is 19.4 Å². The van der Waals surface area contributed by atoms with E-state index >= 15 is 0 Å². The summed E-state index contributed by atoms with van der Waals surface area (Å²) in [6.45, 7) is 0. The Morgan fingerprint density at radius 1 is 1.07 bits per heavy atom. The molecule has 1 N–H and O–H groups in total. The lowest BCUT2D eigenvalue weighted by Crippen LogP contribution is -2.21. The minimum atomic E-state index is -0.0159. The number of carbonyl (C=O) groups is 1. The van der Waals surface area contributed by atoms with Crippen LogP contribution in [-0.2, 0) is 7.05 Å². The van der Waals surface area contributed by atoms with Gasteiger partial charge in [0.2, 0.25) is 0 Å². The smallest absolute Gasteiger partial charge is 0.253 e. The van der Waals surface area contributed by atoms with Gasteiger partial charge in [-0.3, -0.25) is 9.78 Å². The van der Waals surface area contributed by atoms with Crippen LogP contribution < -0.4 is 5.32 Å². The van der Waals surface area contributed by atoms with Crippen molar-refractivity contribution in [1.29, 1.82) is 0 Å². The van der Waals surface area contributed by atoms with Crippen LogP contribution >= 0.6 is 0 Å². The third-order valence-corrected chi connectivity index (χ3v) is 4.69. The molecule has 1 aromatic carbocycles. The van der Waals surface area contributed by atoms with Crippen molar-refractivity contribution in [3.05, 3.63) is 72.7 Å². The summed E-state index contributed by atoms with van der Waals surface area (Å²) in [5.41, 5.74) is 4.77. The van der Waals surface area contributed by atoms with E-state index in [2.05, 4.69) is 25.9 Å². The third kappa shape index (κ3) is 3.32. The van der Waals surface area contributed by atoms with E-state index < -0.39 is 0 Å². The maximum Gasteiger partial charge on any atom is 0.253 e. The molecule has 0 unspecified atom stereocenters. The van der Waals surface area contributed by atoms with Crippen LogP contribution in [0, 0.1) is 0 Å². The molecule has 6 heteroatoms. The first-order valence-corrected chi connectivity index (χ1v) is 8.97. The minimum Gasteiger partial charge on any atom is -0.345 e. The molecule has 4 rings (SSSR count). The van der Waals surface area contributed by atoms with Gasteiger partial charge in [0.05, 0.1) is 11.2 Å². The molecule has 6 nitrogen and oxygen atoms in total. The van der Waals surface area contributed by atoms with E-state index in [-0.39, 0.29) is 5.91 Å². The van der Waals surface area contributed by atoms with Gasteiger partial charge in [-0.15, -0.1) is 0 Å². The third-order valence-electron chi connectivity index (χ3n) is 4.69. The Balaban J connectivity index is 1.62. The van der Waals surface area contributed by atoms with E-state index in [1.807, 2.05) is 61.9 Å². The zero-order valence-electron chi connectivity index (χ0n) is 16.0. The zero-order chi connectivity index (χ0) is 19.7. The van der Waals surface area contributed by atoms with Crippen molar-refractivity contribution >= 4 is 28.3 Å². The molecule has 28 heavy (non-hydrogen) atoms. The number of benzene rings is 1. The minimum absolute atomic E-state index is 0.0159. The largest absolute Gasteiger partial charge is 0.345 e. The van der Waals surface area contributed by atoms with E-state index in [0.717, 1.165) is 33.7 Å². The van der Waals surface area contributed by atoms with Gasteiger partial charge < -0.3 is 14.8 Å². The molecule has 0 aliphatic carbocycles. The number of fused-ring (bicyclic) bond motifs is 1. The van der Waals surface area contributed by atoms with Gasteiger partial charge in [0, 0.05) is 68.0 Å². The predicted molar refractivity (Wildman–Crippen MR) is 112 cm³/mol. The van der Waals surface area contributed by atoms with Crippen LogP contribution in [0.5, 0.6) is 0 Å². The SMILES string of the molecule is CN(C)C(=O)c1ccc(Nc2cc3c(cn2)cc(-c2cccnc2)n3C)cc1. The summed E-state index contributed by atoms with van der Waals surface area (Å²) in [6, 6.07) is 15.5. The zero-order valence-corrected chi connectivity index (χ0v) is 16.0. The molecule has 1 amide bonds. The highest BCUT2D eigenvalue weighted by Gasteiger charge is 2.10. The second kappa shape index (κ2) is 7.15. The van der Waals surface area contributed by atoms with Crippen LogP contribution in [0.3, 0.4) is 0 Å². The molecule has 0 aliphatic rings. The fraction of sp³-hybridized carbons (Fsp3) is 0.136. The first kappa shape index (κ1) is 17.7. The average Bonchev–Trinajstić information content (AvgIpc) is 3.05. The Morgan fingerprint density at radius 2 is 1.86 bits per heavy atom. The molecular formula is C22H21N5O. The molecule has 0 spiro atoms. The van der Waals surface area contributed by atoms with Crippen LogP contribution in [0.1, 0.15) is 10.4 Å². The number of nitrogens with zero attached hydrogens (tertiary/aromatic N) is 4. The van der Waals surface area contributed by atoms with Gasteiger partial charge in [0.1, 0.15) is 5.82 Å². The quantitative estimate of drug-likeness (QED) is 0.587. The molecule has 4 aromatic rings. The Bertz CT molecular complexity index is 1130. The molecular weight excluding hydrogens is 350 g/mol. The standard InChI is InChI=1S/C22H21N5O/c1-26(2)22(28)15-6-8-18(9-7-15)25-21-12-20-17(14-24-21)11-19(27(20)3)16-5-4-10-23-13-16/h4-14H,1-3H3,(H,24,25). The number of carbonyl (C=O) groups excluding carboxylic acids is 1. The number of pyridine rings is 2. The molecule has 3 heterocycles. The molecule has 0 radical (unpaired) electrons. The average molecular weight is 371 g/mol. The number of rotatable bonds is 4. The fourth-order valence-electron chi connectivity index (χ4n) is 3.19. The van der Waals surface area contributed by atoms with Crippen LogP contribution in [0.25, 0.3) is 22.2 Å². The van der Waals surface area contributed by atoms with E-state index in [9.17, 15) is 4.79 Å². The van der Waals surface area contributed by atoms with Crippen molar-refractivity contribution in [3.63, 3.8) is 0 Å². The van der Waals surface area contributed by atoms with Crippen LogP contribution in [-0.4, -0.2) is 39.4 Å². The lowest BCUT2D eigenvalue weighted by Gasteiger charge is -2.11. The highest BCUT2D eigenvalue weighted by Crippen LogP contribution is 2.28. The van der Waals surface area contributed by atoms with Crippen molar-refractivity contribution in [2.24, 2.45) is 7.05 Å². The van der Waals surface area contributed by atoms with E-state index in [0.29, 0.717) is 5.56 Å². The topological polar surface area (TPSA) is 63.1 Å². The first-order chi connectivity index (χ1) is 13.5. The van der Waals surface area contributed by atoms with Crippen molar-refractivity contribution in [3.8, 4) is 11.3 Å². The second-order valence-corrected chi connectivity index (χ2v) is 6.86. The van der Waals surface area contributed by atoms with Crippen molar-refractivity contribution in [1.82, 2.24) is 19.4 Å². The van der Waals surface area contributed by atoms with Crippen molar-refractivity contribution in [2.45, 2.75) is 0 Å². The summed E-state index contributed by atoms with van der Waals surface area (Å²) in [4.78, 5) is 22.3. The Labute approximate surface area is 163 Å². The van der Waals surface area contributed by atoms with Crippen molar-refractivity contribution < 1.29 is 4.79 Å². The summed E-state index contributed by atoms with van der Waals surface area (Å²) in [5, 5.41) is 4.37. The van der Waals surface area contributed by atoms with Gasteiger partial charge in [-0.1, -0.05) is 0 Å². The second-order valence-electron chi connectivity index (χ2n) is 6.86. The number of aromatic nitrogens is 3. The van der Waals surface area contributed by atoms with Crippen LogP contribution in [0.15, 0.2) is 67.1 Å². The molecule has 0 fully saturated rings. The summed E-state index contributed by atoms with van der Waals surface area (Å²) in [7, 11) is 5.52. The van der Waals surface area contributed by atoms with Crippen LogP contribution in [0.4, 0.5) is 11.5 Å². The highest BCUT2D eigenvalue weighted by atomic mass is 16.2. The Kier molecular flexibility index (Phi) is 4.53. The maximum atomic E-state index is 12.0. The molecule has 0 bridgehead atoms. The molecule has 0 saturated carbocycles. The molecule has 140 valence electrons. The lowest BCUT2D eigenvalue weighted by atomic mass is 10.2. The normalized spacial score (nSPS) is 10.8. The summed E-state index contributed by atoms with van der Waals surface area (Å²) < 4.78 is 2.14. The maximum absolute atomic E-state index is 12.0. The first-order valence-electron chi connectivity index (χ1n) is 8.97. The molecule has 0 aliphatic heterocycles. The van der Waals surface area contributed by atoms with E-state index in [1.54, 1.807) is 25.2 Å². The summed E-state index contributed by atoms with van der Waals surface area (Å²) >= 11 is 0. The van der Waals surface area contributed by atoms with Crippen LogP contribution in [0.2, 0.25) is 0 Å². The number of aryl methyl sites for hydroxylation is 1. The Hall–Kier alpha value is -3.67. The van der Waals surface area contributed by atoms with Gasteiger partial charge in [0.15, 0.2) is 0 Å². The number of anilines is 2. The molecule has 3 aromatic heterocycles. The number of nitrogens with one attached hydrogen (secondary N) is 1. The monoisotopic (exact) mass is 371 g/mol.